The molecular formula is C16H22N4O2. The number of imidazole rings is 1. The van der Waals surface area contributed by atoms with E-state index < -0.39 is 0 Å². The highest BCUT2D eigenvalue weighted by Crippen LogP contribution is 2.10. The summed E-state index contributed by atoms with van der Waals surface area (Å²) in [5.74, 6) is -0.132. The summed E-state index contributed by atoms with van der Waals surface area (Å²) >= 11 is 0. The highest BCUT2D eigenvalue weighted by atomic mass is 16.5. The van der Waals surface area contributed by atoms with Gasteiger partial charge in [-0.15, -0.1) is 0 Å². The summed E-state index contributed by atoms with van der Waals surface area (Å²) in [6.07, 6.45) is 4.60. The van der Waals surface area contributed by atoms with E-state index in [1.807, 2.05) is 24.4 Å². The number of rotatable bonds is 5. The Morgan fingerprint density at radius 1 is 1.23 bits per heavy atom. The van der Waals surface area contributed by atoms with Crippen molar-refractivity contribution in [2.24, 2.45) is 0 Å². The molecule has 0 saturated carbocycles. The zero-order valence-corrected chi connectivity index (χ0v) is 12.9. The lowest BCUT2D eigenvalue weighted by Gasteiger charge is -2.34. The molecule has 0 atom stereocenters. The van der Waals surface area contributed by atoms with Gasteiger partial charge >= 0.3 is 5.97 Å². The fourth-order valence-electron chi connectivity index (χ4n) is 2.81. The maximum atomic E-state index is 11.2. The lowest BCUT2D eigenvalue weighted by molar-refractivity contribution is -0.141. The molecule has 0 bridgehead atoms. The van der Waals surface area contributed by atoms with E-state index in [2.05, 4.69) is 30.1 Å². The van der Waals surface area contributed by atoms with Crippen LogP contribution in [0.2, 0.25) is 0 Å². The van der Waals surface area contributed by atoms with E-state index in [9.17, 15) is 4.79 Å². The molecular weight excluding hydrogens is 280 g/mol. The largest absolute Gasteiger partial charge is 0.469 e. The quantitative estimate of drug-likeness (QED) is 0.772. The maximum Gasteiger partial charge on any atom is 0.306 e. The Bertz CT molecular complexity index is 599. The molecule has 3 rings (SSSR count). The normalized spacial score (nSPS) is 17.0. The van der Waals surface area contributed by atoms with Crippen LogP contribution in [0.5, 0.6) is 0 Å². The van der Waals surface area contributed by atoms with E-state index in [1.54, 1.807) is 0 Å². The minimum atomic E-state index is -0.132. The number of fused-ring (bicyclic) bond motifs is 1. The lowest BCUT2D eigenvalue weighted by atomic mass is 10.2. The fraction of sp³-hybridized carbons (Fsp3) is 0.500. The van der Waals surface area contributed by atoms with E-state index in [4.69, 9.17) is 0 Å². The van der Waals surface area contributed by atoms with E-state index >= 15 is 0 Å². The zero-order valence-electron chi connectivity index (χ0n) is 12.9. The van der Waals surface area contributed by atoms with Crippen molar-refractivity contribution in [1.82, 2.24) is 19.2 Å². The van der Waals surface area contributed by atoms with Crippen molar-refractivity contribution in [1.29, 1.82) is 0 Å². The number of esters is 1. The van der Waals surface area contributed by atoms with Crippen LogP contribution < -0.4 is 0 Å². The third-order valence-corrected chi connectivity index (χ3v) is 4.12. The number of carbonyl (C=O) groups is 1. The molecule has 1 fully saturated rings. The zero-order chi connectivity index (χ0) is 15.4. The summed E-state index contributed by atoms with van der Waals surface area (Å²) in [5, 5.41) is 0. The molecule has 0 N–H and O–H groups in total. The van der Waals surface area contributed by atoms with Crippen molar-refractivity contribution >= 4 is 11.6 Å². The predicted octanol–water partition coefficient (Wildman–Crippen LogP) is 1.01. The first-order valence-corrected chi connectivity index (χ1v) is 7.69. The van der Waals surface area contributed by atoms with Crippen molar-refractivity contribution in [2.75, 3.05) is 39.8 Å². The predicted molar refractivity (Wildman–Crippen MR) is 83.5 cm³/mol. The summed E-state index contributed by atoms with van der Waals surface area (Å²) in [4.78, 5) is 20.5. The Kier molecular flexibility index (Phi) is 4.70. The molecule has 0 radical (unpaired) electrons. The first-order valence-electron chi connectivity index (χ1n) is 7.69. The van der Waals surface area contributed by atoms with Gasteiger partial charge in [0.2, 0.25) is 0 Å². The van der Waals surface area contributed by atoms with E-state index in [1.165, 1.54) is 7.11 Å². The first-order chi connectivity index (χ1) is 10.7. The SMILES string of the molecule is COC(=O)CCN1CCN(Cc2cn3ccccc3n2)CC1. The van der Waals surface area contributed by atoms with E-state index in [0.717, 1.165) is 50.6 Å². The number of nitrogens with zero attached hydrogens (tertiary/aromatic N) is 4. The van der Waals surface area contributed by atoms with Crippen LogP contribution in [0.25, 0.3) is 5.65 Å². The van der Waals surface area contributed by atoms with Crippen LogP contribution in [-0.4, -0.2) is 65.0 Å². The molecule has 6 heteroatoms. The van der Waals surface area contributed by atoms with Crippen LogP contribution >= 0.6 is 0 Å². The van der Waals surface area contributed by atoms with Gasteiger partial charge in [0.05, 0.1) is 19.2 Å². The van der Waals surface area contributed by atoms with Gasteiger partial charge in [0, 0.05) is 51.7 Å². The standard InChI is InChI=1S/C16H22N4O2/c1-22-16(21)5-7-18-8-10-19(11-9-18)12-14-13-20-6-3-2-4-15(20)17-14/h2-4,6,13H,5,7-12H2,1H3. The third kappa shape index (κ3) is 3.64. The number of carbonyl (C=O) groups excluding carboxylic acids is 1. The molecule has 2 aromatic rings. The van der Waals surface area contributed by atoms with Gasteiger partial charge in [0.1, 0.15) is 5.65 Å². The van der Waals surface area contributed by atoms with Crippen molar-refractivity contribution in [2.45, 2.75) is 13.0 Å². The molecule has 0 unspecified atom stereocenters. The molecule has 118 valence electrons. The van der Waals surface area contributed by atoms with Crippen LogP contribution in [0, 0.1) is 0 Å². The number of hydrogen-bond donors (Lipinski definition) is 0. The summed E-state index contributed by atoms with van der Waals surface area (Å²) in [7, 11) is 1.44. The second kappa shape index (κ2) is 6.89. The Morgan fingerprint density at radius 2 is 2.00 bits per heavy atom. The van der Waals surface area contributed by atoms with Gasteiger partial charge in [-0.2, -0.15) is 0 Å². The lowest BCUT2D eigenvalue weighted by Crippen LogP contribution is -2.46. The fourth-order valence-corrected chi connectivity index (χ4v) is 2.81. The monoisotopic (exact) mass is 302 g/mol. The third-order valence-electron chi connectivity index (χ3n) is 4.12. The molecule has 0 aliphatic carbocycles. The van der Waals surface area contributed by atoms with E-state index in [-0.39, 0.29) is 5.97 Å². The van der Waals surface area contributed by atoms with Crippen LogP contribution in [-0.2, 0) is 16.1 Å². The number of piperazine rings is 1. The van der Waals surface area contributed by atoms with Gasteiger partial charge in [0.25, 0.3) is 0 Å². The topological polar surface area (TPSA) is 50.1 Å². The van der Waals surface area contributed by atoms with Gasteiger partial charge in [-0.05, 0) is 12.1 Å². The molecule has 0 amide bonds. The smallest absolute Gasteiger partial charge is 0.306 e. The molecule has 0 aromatic carbocycles. The number of hydrogen-bond acceptors (Lipinski definition) is 5. The Labute approximate surface area is 130 Å². The van der Waals surface area contributed by atoms with Crippen molar-refractivity contribution in [3.63, 3.8) is 0 Å². The van der Waals surface area contributed by atoms with Gasteiger partial charge in [-0.1, -0.05) is 6.07 Å². The molecule has 3 heterocycles. The second-order valence-electron chi connectivity index (χ2n) is 5.64. The number of pyridine rings is 1. The maximum absolute atomic E-state index is 11.2. The van der Waals surface area contributed by atoms with Crippen LogP contribution in [0.3, 0.4) is 0 Å². The van der Waals surface area contributed by atoms with Crippen molar-refractivity contribution in [3.05, 3.63) is 36.3 Å². The summed E-state index contributed by atoms with van der Waals surface area (Å²) in [6, 6.07) is 6.04. The van der Waals surface area contributed by atoms with Gasteiger partial charge in [-0.25, -0.2) is 4.98 Å². The highest BCUT2D eigenvalue weighted by molar-refractivity contribution is 5.69. The molecule has 6 nitrogen and oxygen atoms in total. The number of ether oxygens (including phenoxy) is 1. The van der Waals surface area contributed by atoms with Crippen molar-refractivity contribution in [3.8, 4) is 0 Å². The first kappa shape index (κ1) is 15.0. The number of aromatic nitrogens is 2. The second-order valence-corrected chi connectivity index (χ2v) is 5.64. The molecule has 22 heavy (non-hydrogen) atoms. The molecule has 1 aliphatic rings. The summed E-state index contributed by atoms with van der Waals surface area (Å²) in [6.45, 7) is 5.67. The highest BCUT2D eigenvalue weighted by Gasteiger charge is 2.18. The molecule has 0 spiro atoms. The molecule has 1 aliphatic heterocycles. The van der Waals surface area contributed by atoms with Gasteiger partial charge < -0.3 is 14.0 Å². The van der Waals surface area contributed by atoms with Gasteiger partial charge in [-0.3, -0.25) is 9.69 Å². The van der Waals surface area contributed by atoms with Gasteiger partial charge in [0.15, 0.2) is 0 Å². The Hall–Kier alpha value is -1.92. The minimum absolute atomic E-state index is 0.132. The minimum Gasteiger partial charge on any atom is -0.469 e. The average molecular weight is 302 g/mol. The van der Waals surface area contributed by atoms with Crippen molar-refractivity contribution < 1.29 is 9.53 Å². The summed E-state index contributed by atoms with van der Waals surface area (Å²) < 4.78 is 6.74. The molecule has 1 saturated heterocycles. The average Bonchev–Trinajstić information content (AvgIpc) is 2.96. The molecule has 2 aromatic heterocycles. The van der Waals surface area contributed by atoms with Crippen LogP contribution in [0.4, 0.5) is 0 Å². The Morgan fingerprint density at radius 3 is 2.73 bits per heavy atom. The number of methoxy groups -OCH3 is 1. The Balaban J connectivity index is 1.48. The van der Waals surface area contributed by atoms with Crippen LogP contribution in [0.15, 0.2) is 30.6 Å². The van der Waals surface area contributed by atoms with Crippen LogP contribution in [0.1, 0.15) is 12.1 Å². The van der Waals surface area contributed by atoms with E-state index in [0.29, 0.717) is 6.42 Å². The summed E-state index contributed by atoms with van der Waals surface area (Å²) in [5.41, 5.74) is 2.10.